The SMILES string of the molecule is CN=C(NCc1csc(N(C)C)n1)N1CCC(CSc2ccccc2)C1.I. The molecule has 0 saturated carbocycles. The van der Waals surface area contributed by atoms with E-state index < -0.39 is 0 Å². The van der Waals surface area contributed by atoms with Gasteiger partial charge in [-0.25, -0.2) is 4.98 Å². The number of aromatic nitrogens is 1. The molecule has 1 N–H and O–H groups in total. The first-order valence-corrected chi connectivity index (χ1v) is 10.8. The number of rotatable bonds is 6. The molecule has 2 aromatic rings. The number of likely N-dealkylation sites (tertiary alicyclic amines) is 1. The van der Waals surface area contributed by atoms with E-state index in [1.807, 2.05) is 37.8 Å². The maximum Gasteiger partial charge on any atom is 0.193 e. The summed E-state index contributed by atoms with van der Waals surface area (Å²) < 4.78 is 0. The minimum absolute atomic E-state index is 0. The average Bonchev–Trinajstić information content (AvgIpc) is 3.31. The van der Waals surface area contributed by atoms with Gasteiger partial charge in [0.1, 0.15) is 0 Å². The molecule has 0 spiro atoms. The number of hydrogen-bond donors (Lipinski definition) is 1. The molecule has 1 aliphatic rings. The number of hydrogen-bond acceptors (Lipinski definition) is 5. The number of thioether (sulfide) groups is 1. The molecule has 1 atom stereocenters. The Balaban J connectivity index is 0.00000261. The number of anilines is 1. The van der Waals surface area contributed by atoms with Gasteiger partial charge in [-0.05, 0) is 24.5 Å². The van der Waals surface area contributed by atoms with E-state index in [4.69, 9.17) is 0 Å². The molecule has 0 aliphatic carbocycles. The molecule has 1 aromatic heterocycles. The topological polar surface area (TPSA) is 43.8 Å². The smallest absolute Gasteiger partial charge is 0.193 e. The molecule has 1 unspecified atom stereocenters. The van der Waals surface area contributed by atoms with Crippen LogP contribution in [0.2, 0.25) is 0 Å². The van der Waals surface area contributed by atoms with Gasteiger partial charge in [0.15, 0.2) is 11.1 Å². The standard InChI is InChI=1S/C19H27N5S2.HI/c1-20-18(21-11-16-14-26-19(22-16)23(2)3)24-10-9-15(12-24)13-25-17-7-5-4-6-8-17;/h4-8,14-15H,9-13H2,1-3H3,(H,20,21);1H. The fourth-order valence-electron chi connectivity index (χ4n) is 2.98. The van der Waals surface area contributed by atoms with Crippen LogP contribution in [0.25, 0.3) is 0 Å². The molecule has 5 nitrogen and oxygen atoms in total. The van der Waals surface area contributed by atoms with Gasteiger partial charge in [-0.3, -0.25) is 4.99 Å². The lowest BCUT2D eigenvalue weighted by atomic mass is 10.2. The Kier molecular flexibility index (Phi) is 9.17. The zero-order valence-corrected chi connectivity index (χ0v) is 20.1. The maximum absolute atomic E-state index is 4.63. The molecule has 148 valence electrons. The van der Waals surface area contributed by atoms with Crippen LogP contribution in [0.5, 0.6) is 0 Å². The van der Waals surface area contributed by atoms with Crippen LogP contribution < -0.4 is 10.2 Å². The minimum atomic E-state index is 0. The number of thiazole rings is 1. The van der Waals surface area contributed by atoms with Crippen molar-refractivity contribution < 1.29 is 0 Å². The highest BCUT2D eigenvalue weighted by molar-refractivity contribution is 14.0. The first-order chi connectivity index (χ1) is 12.7. The predicted octanol–water partition coefficient (Wildman–Crippen LogP) is 4.02. The Morgan fingerprint density at radius 2 is 2.15 bits per heavy atom. The number of guanidine groups is 1. The summed E-state index contributed by atoms with van der Waals surface area (Å²) in [5.41, 5.74) is 1.07. The third-order valence-electron chi connectivity index (χ3n) is 4.38. The first-order valence-electron chi connectivity index (χ1n) is 8.91. The van der Waals surface area contributed by atoms with E-state index in [-0.39, 0.29) is 24.0 Å². The van der Waals surface area contributed by atoms with Crippen LogP contribution >= 0.6 is 47.1 Å². The number of nitrogens with one attached hydrogen (secondary N) is 1. The minimum Gasteiger partial charge on any atom is -0.354 e. The van der Waals surface area contributed by atoms with Crippen molar-refractivity contribution in [3.8, 4) is 0 Å². The summed E-state index contributed by atoms with van der Waals surface area (Å²) in [7, 11) is 5.90. The molecule has 2 heterocycles. The van der Waals surface area contributed by atoms with Crippen LogP contribution in [0.1, 0.15) is 12.1 Å². The zero-order chi connectivity index (χ0) is 18.4. The first kappa shape index (κ1) is 22.3. The Morgan fingerprint density at radius 1 is 1.37 bits per heavy atom. The van der Waals surface area contributed by atoms with Gasteiger partial charge in [-0.15, -0.1) is 47.1 Å². The zero-order valence-electron chi connectivity index (χ0n) is 16.1. The second kappa shape index (κ2) is 11.1. The van der Waals surface area contributed by atoms with E-state index >= 15 is 0 Å². The Morgan fingerprint density at radius 3 is 2.81 bits per heavy atom. The van der Waals surface area contributed by atoms with Crippen molar-refractivity contribution in [3.63, 3.8) is 0 Å². The lowest BCUT2D eigenvalue weighted by molar-refractivity contribution is 0.474. The number of benzene rings is 1. The second-order valence-corrected chi connectivity index (χ2v) is 8.57. The number of nitrogens with zero attached hydrogens (tertiary/aromatic N) is 4. The molecule has 1 aliphatic heterocycles. The Labute approximate surface area is 187 Å². The monoisotopic (exact) mass is 517 g/mol. The summed E-state index contributed by atoms with van der Waals surface area (Å²) in [4.78, 5) is 14.9. The van der Waals surface area contributed by atoms with Crippen LogP contribution in [0.15, 0.2) is 45.6 Å². The van der Waals surface area contributed by atoms with E-state index in [9.17, 15) is 0 Å². The molecular formula is C19H28IN5S2. The molecule has 1 saturated heterocycles. The summed E-state index contributed by atoms with van der Waals surface area (Å²) in [6.45, 7) is 2.86. The van der Waals surface area contributed by atoms with Crippen molar-refractivity contribution >= 4 is 58.2 Å². The molecule has 8 heteroatoms. The molecule has 0 radical (unpaired) electrons. The van der Waals surface area contributed by atoms with Gasteiger partial charge in [0, 0.05) is 50.3 Å². The molecule has 27 heavy (non-hydrogen) atoms. The van der Waals surface area contributed by atoms with Gasteiger partial charge >= 0.3 is 0 Å². The molecule has 1 fully saturated rings. The highest BCUT2D eigenvalue weighted by atomic mass is 127. The maximum atomic E-state index is 4.63. The number of halogens is 1. The summed E-state index contributed by atoms with van der Waals surface area (Å²) >= 11 is 3.63. The molecule has 0 bridgehead atoms. The Bertz CT molecular complexity index is 720. The second-order valence-electron chi connectivity index (χ2n) is 6.64. The molecular weight excluding hydrogens is 489 g/mol. The van der Waals surface area contributed by atoms with Gasteiger partial charge in [0.05, 0.1) is 12.2 Å². The van der Waals surface area contributed by atoms with E-state index in [0.717, 1.165) is 42.2 Å². The van der Waals surface area contributed by atoms with Crippen LogP contribution in [0.4, 0.5) is 5.13 Å². The molecule has 3 rings (SSSR count). The van der Waals surface area contributed by atoms with E-state index in [0.29, 0.717) is 5.92 Å². The van der Waals surface area contributed by atoms with Gasteiger partial charge in [-0.2, -0.15) is 0 Å². The average molecular weight is 518 g/mol. The van der Waals surface area contributed by atoms with Crippen LogP contribution in [0, 0.1) is 5.92 Å². The Hall–Kier alpha value is -1.000. The normalized spacial score (nSPS) is 16.9. The van der Waals surface area contributed by atoms with Gasteiger partial charge in [-0.1, -0.05) is 18.2 Å². The molecule has 1 aromatic carbocycles. The van der Waals surface area contributed by atoms with E-state index in [1.54, 1.807) is 11.3 Å². The summed E-state index contributed by atoms with van der Waals surface area (Å²) in [6.07, 6.45) is 1.22. The summed E-state index contributed by atoms with van der Waals surface area (Å²) in [6, 6.07) is 10.7. The summed E-state index contributed by atoms with van der Waals surface area (Å²) in [5, 5.41) is 6.62. The predicted molar refractivity (Wildman–Crippen MR) is 129 cm³/mol. The van der Waals surface area contributed by atoms with Crippen molar-refractivity contribution in [1.29, 1.82) is 0 Å². The van der Waals surface area contributed by atoms with Crippen LogP contribution in [-0.2, 0) is 6.54 Å². The fraction of sp³-hybridized carbons (Fsp3) is 0.474. The van der Waals surface area contributed by atoms with Crippen LogP contribution in [-0.4, -0.2) is 55.8 Å². The highest BCUT2D eigenvalue weighted by Crippen LogP contribution is 2.26. The third kappa shape index (κ3) is 6.53. The van der Waals surface area contributed by atoms with E-state index in [1.165, 1.54) is 11.3 Å². The summed E-state index contributed by atoms with van der Waals surface area (Å²) in [5.74, 6) is 2.85. The largest absolute Gasteiger partial charge is 0.354 e. The van der Waals surface area contributed by atoms with Gasteiger partial charge in [0.25, 0.3) is 0 Å². The van der Waals surface area contributed by atoms with Crippen LogP contribution in [0.3, 0.4) is 0 Å². The van der Waals surface area contributed by atoms with Gasteiger partial charge in [0.2, 0.25) is 0 Å². The van der Waals surface area contributed by atoms with Gasteiger partial charge < -0.3 is 15.1 Å². The van der Waals surface area contributed by atoms with Crippen molar-refractivity contribution in [2.45, 2.75) is 17.9 Å². The lowest BCUT2D eigenvalue weighted by Gasteiger charge is -2.21. The van der Waals surface area contributed by atoms with Crippen molar-refractivity contribution in [1.82, 2.24) is 15.2 Å². The quantitative estimate of drug-likeness (QED) is 0.272. The van der Waals surface area contributed by atoms with Crippen molar-refractivity contribution in [3.05, 3.63) is 41.4 Å². The van der Waals surface area contributed by atoms with Crippen molar-refractivity contribution in [2.75, 3.05) is 44.9 Å². The lowest BCUT2D eigenvalue weighted by Crippen LogP contribution is -2.39. The fourth-order valence-corrected chi connectivity index (χ4v) is 4.78. The highest BCUT2D eigenvalue weighted by Gasteiger charge is 2.25. The van der Waals surface area contributed by atoms with E-state index in [2.05, 4.69) is 55.9 Å². The molecule has 0 amide bonds. The van der Waals surface area contributed by atoms with Crippen molar-refractivity contribution in [2.24, 2.45) is 10.9 Å². The third-order valence-corrected chi connectivity index (χ3v) is 6.68. The number of aliphatic imine (C=N–C) groups is 1.